The Labute approximate surface area is 159 Å². The van der Waals surface area contributed by atoms with Crippen molar-refractivity contribution < 1.29 is 22.5 Å². The highest BCUT2D eigenvalue weighted by molar-refractivity contribution is 6.71. The second-order valence-electron chi connectivity index (χ2n) is 7.01. The molecule has 0 spiro atoms. The molecular formula is C18H33NO5Si2. The Morgan fingerprint density at radius 2 is 1.69 bits per heavy atom. The van der Waals surface area contributed by atoms with Gasteiger partial charge in [-0.05, 0) is 44.6 Å². The molecule has 1 rings (SSSR count). The number of hydrogen-bond donors (Lipinski definition) is 0. The molecular weight excluding hydrogens is 366 g/mol. The Morgan fingerprint density at radius 3 is 2.19 bits per heavy atom. The van der Waals surface area contributed by atoms with Crippen LogP contribution in [-0.2, 0) is 17.7 Å². The molecule has 1 amide bonds. The van der Waals surface area contributed by atoms with E-state index in [9.17, 15) is 4.79 Å². The number of anilines is 1. The zero-order chi connectivity index (χ0) is 19.6. The van der Waals surface area contributed by atoms with Gasteiger partial charge in [-0.15, -0.1) is 0 Å². The quantitative estimate of drug-likeness (QED) is 0.512. The average molecular weight is 400 g/mol. The molecule has 0 radical (unpaired) electrons. The van der Waals surface area contributed by atoms with E-state index in [2.05, 4.69) is 0 Å². The van der Waals surface area contributed by atoms with Crippen molar-refractivity contribution in [3.8, 4) is 0 Å². The van der Waals surface area contributed by atoms with Crippen molar-refractivity contribution in [1.29, 1.82) is 0 Å². The highest BCUT2D eigenvalue weighted by atomic mass is 28.4. The summed E-state index contributed by atoms with van der Waals surface area (Å²) in [5.74, 6) is 0. The highest BCUT2D eigenvalue weighted by Gasteiger charge is 2.38. The van der Waals surface area contributed by atoms with E-state index >= 15 is 0 Å². The minimum Gasteiger partial charge on any atom is -0.504 e. The molecule has 8 heteroatoms. The van der Waals surface area contributed by atoms with Gasteiger partial charge in [-0.3, -0.25) is 4.90 Å². The van der Waals surface area contributed by atoms with Crippen LogP contribution in [0.1, 0.15) is 19.8 Å². The van der Waals surface area contributed by atoms with Crippen molar-refractivity contribution in [2.45, 2.75) is 45.5 Å². The monoisotopic (exact) mass is 399 g/mol. The van der Waals surface area contributed by atoms with E-state index in [-0.39, 0.29) is 6.09 Å². The van der Waals surface area contributed by atoms with Crippen molar-refractivity contribution in [2.75, 3.05) is 32.3 Å². The van der Waals surface area contributed by atoms with E-state index < -0.39 is 17.1 Å². The van der Waals surface area contributed by atoms with Crippen LogP contribution in [0.25, 0.3) is 0 Å². The Kier molecular flexibility index (Phi) is 9.52. The van der Waals surface area contributed by atoms with Crippen molar-refractivity contribution >= 4 is 28.9 Å². The van der Waals surface area contributed by atoms with E-state index in [0.29, 0.717) is 25.6 Å². The Morgan fingerprint density at radius 1 is 1.08 bits per heavy atom. The number of benzene rings is 1. The number of para-hydroxylation sites is 1. The summed E-state index contributed by atoms with van der Waals surface area (Å²) in [7, 11) is -1.41. The average Bonchev–Trinajstić information content (AvgIpc) is 2.61. The van der Waals surface area contributed by atoms with Crippen LogP contribution < -0.4 is 4.90 Å². The van der Waals surface area contributed by atoms with Gasteiger partial charge in [0.25, 0.3) is 0 Å². The Balaban J connectivity index is 2.81. The van der Waals surface area contributed by atoms with Gasteiger partial charge in [-0.2, -0.15) is 0 Å². The zero-order valence-electron chi connectivity index (χ0n) is 16.9. The summed E-state index contributed by atoms with van der Waals surface area (Å²) in [5.41, 5.74) is 0.826. The fraction of sp³-hybridized carbons (Fsp3) is 0.611. The summed E-state index contributed by atoms with van der Waals surface area (Å²) in [5, 5.41) is 0. The summed E-state index contributed by atoms with van der Waals surface area (Å²) < 4.78 is 22.7. The van der Waals surface area contributed by atoms with Gasteiger partial charge < -0.3 is 17.7 Å². The first-order chi connectivity index (χ1) is 12.3. The lowest BCUT2D eigenvalue weighted by Gasteiger charge is -2.29. The molecule has 0 aliphatic carbocycles. The van der Waals surface area contributed by atoms with Crippen LogP contribution in [0.4, 0.5) is 10.5 Å². The van der Waals surface area contributed by atoms with Gasteiger partial charge in [-0.1, -0.05) is 25.1 Å². The van der Waals surface area contributed by atoms with Gasteiger partial charge in [0.1, 0.15) is 0 Å². The van der Waals surface area contributed by atoms with Crippen LogP contribution in [0.15, 0.2) is 30.3 Å². The Bertz CT molecular complexity index is 532. The van der Waals surface area contributed by atoms with Crippen LogP contribution in [0.3, 0.4) is 0 Å². The van der Waals surface area contributed by atoms with Crippen LogP contribution in [0.5, 0.6) is 0 Å². The van der Waals surface area contributed by atoms with Gasteiger partial charge in [0.2, 0.25) is 8.32 Å². The maximum atomic E-state index is 12.7. The molecule has 0 heterocycles. The van der Waals surface area contributed by atoms with E-state index in [4.69, 9.17) is 17.7 Å². The maximum absolute atomic E-state index is 12.7. The second kappa shape index (κ2) is 10.8. The van der Waals surface area contributed by atoms with Crippen molar-refractivity contribution in [2.24, 2.45) is 0 Å². The predicted molar refractivity (Wildman–Crippen MR) is 109 cm³/mol. The fourth-order valence-corrected chi connectivity index (χ4v) is 5.13. The number of rotatable bonds is 11. The highest BCUT2D eigenvalue weighted by Crippen LogP contribution is 2.21. The largest absolute Gasteiger partial charge is 0.504 e. The minimum atomic E-state index is -2.68. The van der Waals surface area contributed by atoms with Crippen molar-refractivity contribution in [1.82, 2.24) is 0 Å². The number of carbonyl (C=O) groups is 1. The van der Waals surface area contributed by atoms with E-state index in [1.165, 1.54) is 0 Å². The third-order valence-electron chi connectivity index (χ3n) is 3.69. The lowest BCUT2D eigenvalue weighted by atomic mass is 10.3. The van der Waals surface area contributed by atoms with Gasteiger partial charge in [-0.25, -0.2) is 4.79 Å². The van der Waals surface area contributed by atoms with E-state index in [1.54, 1.807) is 19.1 Å². The molecule has 0 N–H and O–H groups in total. The molecule has 1 aromatic rings. The summed E-state index contributed by atoms with van der Waals surface area (Å²) in [6.07, 6.45) is 1.31. The molecule has 0 aromatic heterocycles. The van der Waals surface area contributed by atoms with Gasteiger partial charge in [0.05, 0.1) is 0 Å². The third-order valence-corrected chi connectivity index (χ3v) is 7.34. The zero-order valence-corrected chi connectivity index (χ0v) is 18.9. The molecule has 0 unspecified atom stereocenters. The molecule has 6 nitrogen and oxygen atoms in total. The molecule has 0 bridgehead atoms. The standard InChI is InChI=1S/C18H33NO5Si2/c1-7-15-23-26(21-2,22-3)16-11-14-19(17-12-9-8-10-13-17)18(20)24-25(4,5)6/h8-10,12-13H,7,11,14-16H2,1-6H3. The number of nitrogens with zero attached hydrogens (tertiary/aromatic N) is 1. The van der Waals surface area contributed by atoms with Crippen LogP contribution in [0, 0.1) is 0 Å². The third kappa shape index (κ3) is 7.59. The summed E-state index contributed by atoms with van der Waals surface area (Å²) in [6.45, 7) is 9.17. The lowest BCUT2D eigenvalue weighted by molar-refractivity contribution is 0.0978. The lowest BCUT2D eigenvalue weighted by Crippen LogP contribution is -2.45. The molecule has 26 heavy (non-hydrogen) atoms. The molecule has 0 aliphatic heterocycles. The first-order valence-electron chi connectivity index (χ1n) is 9.06. The van der Waals surface area contributed by atoms with Crippen LogP contribution in [0.2, 0.25) is 25.7 Å². The van der Waals surface area contributed by atoms with Crippen LogP contribution in [-0.4, -0.2) is 50.6 Å². The number of carbonyl (C=O) groups excluding carboxylic acids is 1. The summed E-state index contributed by atoms with van der Waals surface area (Å²) in [6, 6.07) is 10.2. The molecule has 0 atom stereocenters. The normalized spacial score (nSPS) is 12.1. The second-order valence-corrected chi connectivity index (χ2v) is 14.4. The predicted octanol–water partition coefficient (Wildman–Crippen LogP) is 4.51. The van der Waals surface area contributed by atoms with Gasteiger partial charge >= 0.3 is 14.9 Å². The van der Waals surface area contributed by atoms with Gasteiger partial charge in [0, 0.05) is 39.1 Å². The van der Waals surface area contributed by atoms with Crippen molar-refractivity contribution in [3.63, 3.8) is 0 Å². The SMILES string of the molecule is CCCO[Si](CCCN(C(=O)O[Si](C)(C)C)c1ccccc1)(OC)OC. The van der Waals surface area contributed by atoms with Crippen LogP contribution >= 0.6 is 0 Å². The first-order valence-corrected chi connectivity index (χ1v) is 14.4. The molecule has 1 aromatic carbocycles. The summed E-state index contributed by atoms with van der Waals surface area (Å²) >= 11 is 0. The summed E-state index contributed by atoms with van der Waals surface area (Å²) in [4.78, 5) is 14.4. The first kappa shape index (κ1) is 22.8. The Hall–Kier alpha value is -1.20. The smallest absolute Gasteiger partial charge is 0.500 e. The topological polar surface area (TPSA) is 57.2 Å². The van der Waals surface area contributed by atoms with E-state index in [0.717, 1.165) is 12.1 Å². The molecule has 0 saturated heterocycles. The minimum absolute atomic E-state index is 0.299. The molecule has 0 aliphatic rings. The molecule has 148 valence electrons. The maximum Gasteiger partial charge on any atom is 0.500 e. The number of amides is 1. The van der Waals surface area contributed by atoms with Crippen molar-refractivity contribution in [3.05, 3.63) is 30.3 Å². The van der Waals surface area contributed by atoms with E-state index in [1.807, 2.05) is 56.9 Å². The fourth-order valence-electron chi connectivity index (χ4n) is 2.44. The number of hydrogen-bond acceptors (Lipinski definition) is 5. The molecule has 0 fully saturated rings. The molecule has 0 saturated carbocycles. The van der Waals surface area contributed by atoms with Gasteiger partial charge in [0.15, 0.2) is 0 Å².